The van der Waals surface area contributed by atoms with E-state index in [0.717, 1.165) is 12.8 Å². The fourth-order valence-corrected chi connectivity index (χ4v) is 2.17. The predicted octanol–water partition coefficient (Wildman–Crippen LogP) is 3.31. The van der Waals surface area contributed by atoms with Crippen LogP contribution in [0.3, 0.4) is 0 Å². The molecule has 0 atom stereocenters. The molecule has 0 heterocycles. The summed E-state index contributed by atoms with van der Waals surface area (Å²) in [7, 11) is 0. The topological polar surface area (TPSA) is 90.4 Å². The molecule has 21 heavy (non-hydrogen) atoms. The fourth-order valence-electron chi connectivity index (χ4n) is 2.17. The second-order valence-electron chi connectivity index (χ2n) is 5.46. The highest BCUT2D eigenvalue weighted by molar-refractivity contribution is 5.57. The molecule has 0 unspecified atom stereocenters. The van der Waals surface area contributed by atoms with Gasteiger partial charge in [0.15, 0.2) is 0 Å². The molecular formula is C15H25N3O3. The van der Waals surface area contributed by atoms with Crippen LogP contribution in [0.4, 0.5) is 11.4 Å². The molecule has 1 rings (SSSR count). The molecule has 0 fully saturated rings. The summed E-state index contributed by atoms with van der Waals surface area (Å²) in [5, 5.41) is 14.4. The third kappa shape index (κ3) is 4.60. The first-order valence-electron chi connectivity index (χ1n) is 7.30. The van der Waals surface area contributed by atoms with Crippen LogP contribution in [-0.2, 0) is 0 Å². The molecule has 0 bridgehead atoms. The predicted molar refractivity (Wildman–Crippen MR) is 84.9 cm³/mol. The Hall–Kier alpha value is -1.82. The van der Waals surface area contributed by atoms with E-state index in [1.807, 2.05) is 27.7 Å². The zero-order valence-electron chi connectivity index (χ0n) is 13.2. The van der Waals surface area contributed by atoms with Gasteiger partial charge in [0.05, 0.1) is 17.1 Å². The zero-order valence-corrected chi connectivity index (χ0v) is 13.2. The standard InChI is InChI=1S/C15H25N3O3/c1-5-15(6-2,10-16)17-12-7-13(18(19)20)9-14(8-12)21-11(3)4/h7-9,11,17H,5-6,10,16H2,1-4H3. The summed E-state index contributed by atoms with van der Waals surface area (Å²) in [5.74, 6) is 0.486. The summed E-state index contributed by atoms with van der Waals surface area (Å²) in [6.07, 6.45) is 1.63. The van der Waals surface area contributed by atoms with Gasteiger partial charge in [0.2, 0.25) is 0 Å². The number of hydrogen-bond acceptors (Lipinski definition) is 5. The molecule has 0 aromatic heterocycles. The molecular weight excluding hydrogens is 270 g/mol. The minimum atomic E-state index is -0.416. The Bertz CT molecular complexity index is 477. The van der Waals surface area contributed by atoms with E-state index in [2.05, 4.69) is 5.32 Å². The van der Waals surface area contributed by atoms with Crippen molar-refractivity contribution in [3.05, 3.63) is 28.3 Å². The van der Waals surface area contributed by atoms with Crippen molar-refractivity contribution in [2.24, 2.45) is 5.73 Å². The Kier molecular flexibility index (Phi) is 5.96. The van der Waals surface area contributed by atoms with Gasteiger partial charge < -0.3 is 15.8 Å². The van der Waals surface area contributed by atoms with E-state index in [-0.39, 0.29) is 17.3 Å². The lowest BCUT2D eigenvalue weighted by molar-refractivity contribution is -0.384. The highest BCUT2D eigenvalue weighted by Gasteiger charge is 2.25. The van der Waals surface area contributed by atoms with Crippen LogP contribution >= 0.6 is 0 Å². The number of nitro benzene ring substituents is 1. The molecule has 1 aromatic carbocycles. The van der Waals surface area contributed by atoms with Crippen LogP contribution in [0.5, 0.6) is 5.75 Å². The number of hydrogen-bond donors (Lipinski definition) is 2. The SMILES string of the molecule is CCC(CC)(CN)Nc1cc(OC(C)C)cc([N+](=O)[O-])c1. The molecule has 118 valence electrons. The first-order chi connectivity index (χ1) is 9.85. The first-order valence-corrected chi connectivity index (χ1v) is 7.30. The summed E-state index contributed by atoms with van der Waals surface area (Å²) in [6.45, 7) is 8.32. The molecule has 6 nitrogen and oxygen atoms in total. The maximum Gasteiger partial charge on any atom is 0.275 e. The van der Waals surface area contributed by atoms with Gasteiger partial charge in [0.1, 0.15) is 5.75 Å². The lowest BCUT2D eigenvalue weighted by atomic mass is 9.92. The molecule has 0 aliphatic carbocycles. The highest BCUT2D eigenvalue weighted by atomic mass is 16.6. The smallest absolute Gasteiger partial charge is 0.275 e. The molecule has 0 saturated carbocycles. The van der Waals surface area contributed by atoms with E-state index in [9.17, 15) is 10.1 Å². The molecule has 0 amide bonds. The van der Waals surface area contributed by atoms with Crippen LogP contribution in [0, 0.1) is 10.1 Å². The second-order valence-corrected chi connectivity index (χ2v) is 5.46. The van der Waals surface area contributed by atoms with Gasteiger partial charge in [-0.1, -0.05) is 13.8 Å². The van der Waals surface area contributed by atoms with Crippen molar-refractivity contribution in [3.8, 4) is 5.75 Å². The molecule has 6 heteroatoms. The third-order valence-electron chi connectivity index (χ3n) is 3.63. The Morgan fingerprint density at radius 2 is 1.95 bits per heavy atom. The Morgan fingerprint density at radius 1 is 1.33 bits per heavy atom. The Balaban J connectivity index is 3.15. The van der Waals surface area contributed by atoms with Crippen LogP contribution in [0.2, 0.25) is 0 Å². The van der Waals surface area contributed by atoms with Gasteiger partial charge >= 0.3 is 0 Å². The van der Waals surface area contributed by atoms with E-state index in [0.29, 0.717) is 18.0 Å². The van der Waals surface area contributed by atoms with Crippen molar-refractivity contribution in [1.29, 1.82) is 0 Å². The largest absolute Gasteiger partial charge is 0.491 e. The monoisotopic (exact) mass is 295 g/mol. The van der Waals surface area contributed by atoms with E-state index >= 15 is 0 Å². The number of benzene rings is 1. The number of nitrogens with one attached hydrogen (secondary N) is 1. The van der Waals surface area contributed by atoms with Gasteiger partial charge in [0.25, 0.3) is 5.69 Å². The van der Waals surface area contributed by atoms with Crippen LogP contribution < -0.4 is 15.8 Å². The quantitative estimate of drug-likeness (QED) is 0.567. The van der Waals surface area contributed by atoms with E-state index in [1.165, 1.54) is 12.1 Å². The average molecular weight is 295 g/mol. The summed E-state index contributed by atoms with van der Waals surface area (Å²) >= 11 is 0. The van der Waals surface area contributed by atoms with Crippen molar-refractivity contribution in [2.75, 3.05) is 11.9 Å². The number of nitrogens with zero attached hydrogens (tertiary/aromatic N) is 1. The van der Waals surface area contributed by atoms with E-state index < -0.39 is 4.92 Å². The van der Waals surface area contributed by atoms with E-state index in [1.54, 1.807) is 6.07 Å². The third-order valence-corrected chi connectivity index (χ3v) is 3.63. The Labute approximate surface area is 125 Å². The van der Waals surface area contributed by atoms with Crippen LogP contribution in [0.15, 0.2) is 18.2 Å². The van der Waals surface area contributed by atoms with Gasteiger partial charge in [-0.25, -0.2) is 0 Å². The second kappa shape index (κ2) is 7.26. The number of rotatable bonds is 8. The minimum Gasteiger partial charge on any atom is -0.491 e. The molecule has 0 radical (unpaired) electrons. The number of anilines is 1. The molecule has 0 spiro atoms. The lowest BCUT2D eigenvalue weighted by Gasteiger charge is -2.32. The van der Waals surface area contributed by atoms with Crippen LogP contribution in [0.25, 0.3) is 0 Å². The van der Waals surface area contributed by atoms with Crippen LogP contribution in [0.1, 0.15) is 40.5 Å². The molecule has 0 aliphatic heterocycles. The van der Waals surface area contributed by atoms with E-state index in [4.69, 9.17) is 10.5 Å². The van der Waals surface area contributed by atoms with Crippen molar-refractivity contribution in [3.63, 3.8) is 0 Å². The molecule has 0 aliphatic rings. The molecule has 3 N–H and O–H groups in total. The van der Waals surface area contributed by atoms with Gasteiger partial charge in [-0.3, -0.25) is 10.1 Å². The molecule has 1 aromatic rings. The number of non-ortho nitro benzene ring substituents is 1. The first kappa shape index (κ1) is 17.2. The number of nitro groups is 1. The average Bonchev–Trinajstić information content (AvgIpc) is 2.44. The van der Waals surface area contributed by atoms with Gasteiger partial charge in [-0.15, -0.1) is 0 Å². The van der Waals surface area contributed by atoms with Gasteiger partial charge in [-0.2, -0.15) is 0 Å². The summed E-state index contributed by atoms with van der Waals surface area (Å²) in [5.41, 5.74) is 6.28. The van der Waals surface area contributed by atoms with Crippen molar-refractivity contribution < 1.29 is 9.66 Å². The van der Waals surface area contributed by atoms with Crippen molar-refractivity contribution >= 4 is 11.4 Å². The number of ether oxygens (including phenoxy) is 1. The maximum atomic E-state index is 11.1. The van der Waals surface area contributed by atoms with Crippen LogP contribution in [-0.4, -0.2) is 23.1 Å². The zero-order chi connectivity index (χ0) is 16.0. The summed E-state index contributed by atoms with van der Waals surface area (Å²) in [4.78, 5) is 10.6. The van der Waals surface area contributed by atoms with Gasteiger partial charge in [-0.05, 0) is 26.7 Å². The minimum absolute atomic E-state index is 0.00813. The highest BCUT2D eigenvalue weighted by Crippen LogP contribution is 2.30. The summed E-state index contributed by atoms with van der Waals surface area (Å²) < 4.78 is 5.59. The molecule has 0 saturated heterocycles. The Morgan fingerprint density at radius 3 is 2.38 bits per heavy atom. The normalized spacial score (nSPS) is 11.5. The summed E-state index contributed by atoms with van der Waals surface area (Å²) in [6, 6.07) is 4.73. The van der Waals surface area contributed by atoms with Crippen molar-refractivity contribution in [2.45, 2.75) is 52.2 Å². The number of nitrogens with two attached hydrogens (primary N) is 1. The fraction of sp³-hybridized carbons (Fsp3) is 0.600. The van der Waals surface area contributed by atoms with Crippen molar-refractivity contribution in [1.82, 2.24) is 0 Å². The maximum absolute atomic E-state index is 11.1. The van der Waals surface area contributed by atoms with Gasteiger partial charge in [0, 0.05) is 29.9 Å². The lowest BCUT2D eigenvalue weighted by Crippen LogP contribution is -2.44.